The summed E-state index contributed by atoms with van der Waals surface area (Å²) in [7, 11) is 0. The van der Waals surface area contributed by atoms with E-state index in [-0.39, 0.29) is 5.41 Å². The van der Waals surface area contributed by atoms with Crippen LogP contribution < -0.4 is 0 Å². The number of benzene rings is 1. The van der Waals surface area contributed by atoms with Gasteiger partial charge in [-0.25, -0.2) is 0 Å². The number of fused-ring (bicyclic) bond motifs is 1. The van der Waals surface area contributed by atoms with Crippen molar-refractivity contribution < 1.29 is 4.79 Å². The molecule has 2 fully saturated rings. The van der Waals surface area contributed by atoms with Crippen LogP contribution in [0.25, 0.3) is 0 Å². The summed E-state index contributed by atoms with van der Waals surface area (Å²) in [6, 6.07) is 11.0. The summed E-state index contributed by atoms with van der Waals surface area (Å²) in [5.74, 6) is 0.951. The van der Waals surface area contributed by atoms with Gasteiger partial charge in [-0.05, 0) is 57.6 Å². The van der Waals surface area contributed by atoms with Crippen LogP contribution in [0.1, 0.15) is 58.4 Å². The number of rotatable bonds is 3. The van der Waals surface area contributed by atoms with E-state index >= 15 is 0 Å². The first-order chi connectivity index (χ1) is 10.4. The lowest BCUT2D eigenvalue weighted by atomic mass is 9.66. The Labute approximate surface area is 134 Å². The second kappa shape index (κ2) is 5.81. The van der Waals surface area contributed by atoms with Crippen LogP contribution in [-0.4, -0.2) is 29.3 Å². The molecule has 1 aromatic rings. The molecule has 2 saturated heterocycles. The van der Waals surface area contributed by atoms with Gasteiger partial charge >= 0.3 is 0 Å². The summed E-state index contributed by atoms with van der Waals surface area (Å²) in [4.78, 5) is 14.2. The molecule has 0 aliphatic carbocycles. The first-order valence-electron chi connectivity index (χ1n) is 8.71. The van der Waals surface area contributed by atoms with Crippen molar-refractivity contribution in [2.45, 2.75) is 63.8 Å². The molecule has 22 heavy (non-hydrogen) atoms. The Morgan fingerprint density at radius 3 is 2.64 bits per heavy atom. The van der Waals surface area contributed by atoms with Gasteiger partial charge in [-0.3, -0.25) is 4.90 Å². The van der Waals surface area contributed by atoms with E-state index in [1.807, 2.05) is 0 Å². The minimum absolute atomic E-state index is 0.272. The lowest BCUT2D eigenvalue weighted by Gasteiger charge is -2.56. The maximum atomic E-state index is 11.5. The Morgan fingerprint density at radius 2 is 1.95 bits per heavy atom. The van der Waals surface area contributed by atoms with Crippen molar-refractivity contribution in [3.8, 4) is 0 Å². The van der Waals surface area contributed by atoms with Gasteiger partial charge in [0.25, 0.3) is 0 Å². The topological polar surface area (TPSA) is 20.3 Å². The van der Waals surface area contributed by atoms with Gasteiger partial charge in [0.05, 0.1) is 0 Å². The fraction of sp³-hybridized carbons (Fsp3) is 0.650. The highest BCUT2D eigenvalue weighted by atomic mass is 16.1. The molecule has 0 amide bonds. The molecule has 0 spiro atoms. The van der Waals surface area contributed by atoms with Gasteiger partial charge in [0, 0.05) is 23.9 Å². The minimum Gasteiger partial charge on any atom is -0.300 e. The van der Waals surface area contributed by atoms with Gasteiger partial charge in [0.2, 0.25) is 0 Å². The van der Waals surface area contributed by atoms with Crippen molar-refractivity contribution in [2.75, 3.05) is 13.1 Å². The molecule has 2 aliphatic heterocycles. The average molecular weight is 299 g/mol. The van der Waals surface area contributed by atoms with Crippen molar-refractivity contribution in [1.29, 1.82) is 0 Å². The summed E-state index contributed by atoms with van der Waals surface area (Å²) in [6.45, 7) is 8.88. The molecule has 3 unspecified atom stereocenters. The molecule has 2 aliphatic rings. The number of hydrogen-bond donors (Lipinski definition) is 0. The molecule has 0 bridgehead atoms. The van der Waals surface area contributed by atoms with Crippen LogP contribution in [0.15, 0.2) is 30.3 Å². The van der Waals surface area contributed by atoms with Gasteiger partial charge in [0.1, 0.15) is 5.78 Å². The Hall–Kier alpha value is -1.15. The molecule has 120 valence electrons. The van der Waals surface area contributed by atoms with Gasteiger partial charge in [-0.15, -0.1) is 0 Å². The normalized spacial score (nSPS) is 35.9. The van der Waals surface area contributed by atoms with Crippen LogP contribution in [0.3, 0.4) is 0 Å². The molecule has 2 heterocycles. The molecule has 0 radical (unpaired) electrons. The zero-order valence-corrected chi connectivity index (χ0v) is 14.3. The van der Waals surface area contributed by atoms with Crippen molar-refractivity contribution in [1.82, 2.24) is 4.90 Å². The van der Waals surface area contributed by atoms with E-state index in [0.29, 0.717) is 17.2 Å². The molecule has 2 nitrogen and oxygen atoms in total. The highest BCUT2D eigenvalue weighted by Crippen LogP contribution is 2.46. The van der Waals surface area contributed by atoms with Gasteiger partial charge < -0.3 is 4.79 Å². The highest BCUT2D eigenvalue weighted by Gasteiger charge is 2.46. The number of nitrogens with zero attached hydrogens (tertiary/aromatic N) is 1. The quantitative estimate of drug-likeness (QED) is 0.834. The van der Waals surface area contributed by atoms with E-state index < -0.39 is 0 Å². The van der Waals surface area contributed by atoms with Crippen molar-refractivity contribution >= 4 is 5.78 Å². The minimum atomic E-state index is 0.272. The second-order valence-electron chi connectivity index (χ2n) is 8.11. The number of carbonyl (C=O) groups is 1. The van der Waals surface area contributed by atoms with E-state index in [2.05, 4.69) is 49.1 Å². The molecule has 0 aromatic heterocycles. The average Bonchev–Trinajstić information content (AvgIpc) is 2.48. The highest BCUT2D eigenvalue weighted by molar-refractivity contribution is 5.75. The molecule has 2 heteroatoms. The van der Waals surface area contributed by atoms with Gasteiger partial charge in [-0.2, -0.15) is 0 Å². The third kappa shape index (κ3) is 2.99. The molecular formula is C20H29NO. The van der Waals surface area contributed by atoms with E-state index in [0.717, 1.165) is 19.5 Å². The summed E-state index contributed by atoms with van der Waals surface area (Å²) in [6.07, 6.45) is 5.64. The maximum Gasteiger partial charge on any atom is 0.130 e. The Balaban J connectivity index is 1.74. The lowest BCUT2D eigenvalue weighted by Crippen LogP contribution is -2.60. The van der Waals surface area contributed by atoms with Crippen molar-refractivity contribution in [3.63, 3.8) is 0 Å². The van der Waals surface area contributed by atoms with Gasteiger partial charge in [-0.1, -0.05) is 37.3 Å². The third-order valence-corrected chi connectivity index (χ3v) is 6.10. The second-order valence-corrected chi connectivity index (χ2v) is 8.11. The molecule has 3 atom stereocenters. The van der Waals surface area contributed by atoms with Crippen LogP contribution in [0.2, 0.25) is 0 Å². The van der Waals surface area contributed by atoms with Crippen LogP contribution in [0.4, 0.5) is 0 Å². The molecule has 1 aromatic carbocycles. The van der Waals surface area contributed by atoms with E-state index in [4.69, 9.17) is 0 Å². The number of hydrogen-bond acceptors (Lipinski definition) is 2. The number of piperidine rings is 2. The first-order valence-corrected chi connectivity index (χ1v) is 8.71. The summed E-state index contributed by atoms with van der Waals surface area (Å²) >= 11 is 0. The Morgan fingerprint density at radius 1 is 1.23 bits per heavy atom. The van der Waals surface area contributed by atoms with E-state index in [9.17, 15) is 4.79 Å². The fourth-order valence-corrected chi connectivity index (χ4v) is 4.69. The van der Waals surface area contributed by atoms with E-state index in [1.165, 1.54) is 31.2 Å². The first kappa shape index (κ1) is 15.7. The molecule has 3 rings (SSSR count). The maximum absolute atomic E-state index is 11.5. The zero-order chi connectivity index (χ0) is 15.8. The SMILES string of the molecule is CC(=O)CC1CCN2CC(C)(c3ccccc3)CCC2(C)C1. The molecular weight excluding hydrogens is 270 g/mol. The Kier molecular flexibility index (Phi) is 4.15. The van der Waals surface area contributed by atoms with Crippen molar-refractivity contribution in [2.24, 2.45) is 5.92 Å². The van der Waals surface area contributed by atoms with Crippen molar-refractivity contribution in [3.05, 3.63) is 35.9 Å². The van der Waals surface area contributed by atoms with E-state index in [1.54, 1.807) is 6.92 Å². The number of carbonyl (C=O) groups excluding carboxylic acids is 1. The van der Waals surface area contributed by atoms with Gasteiger partial charge in [0.15, 0.2) is 0 Å². The summed E-state index contributed by atoms with van der Waals surface area (Å²) < 4.78 is 0. The van der Waals surface area contributed by atoms with Crippen LogP contribution in [0, 0.1) is 5.92 Å². The standard InChI is InChI=1S/C20H29NO/c1-16(22)13-17-9-12-21-15-19(2,10-11-20(21,3)14-17)18-7-5-4-6-8-18/h4-8,17H,9-15H2,1-3H3. The fourth-order valence-electron chi connectivity index (χ4n) is 4.69. The third-order valence-electron chi connectivity index (χ3n) is 6.10. The molecule has 0 saturated carbocycles. The van der Waals surface area contributed by atoms with Crippen LogP contribution in [0.5, 0.6) is 0 Å². The smallest absolute Gasteiger partial charge is 0.130 e. The lowest BCUT2D eigenvalue weighted by molar-refractivity contribution is -0.119. The van der Waals surface area contributed by atoms with Crippen LogP contribution in [-0.2, 0) is 10.2 Å². The number of Topliss-reactive ketones (excluding diaryl/α,β-unsaturated/α-hetero) is 1. The molecule has 0 N–H and O–H groups in total. The summed E-state index contributed by atoms with van der Waals surface area (Å²) in [5, 5.41) is 0. The predicted molar refractivity (Wildman–Crippen MR) is 91.0 cm³/mol. The summed E-state index contributed by atoms with van der Waals surface area (Å²) in [5.41, 5.74) is 2.05. The predicted octanol–water partition coefficient (Wildman–Crippen LogP) is 4.19. The largest absolute Gasteiger partial charge is 0.300 e. The van der Waals surface area contributed by atoms with Crippen LogP contribution >= 0.6 is 0 Å². The monoisotopic (exact) mass is 299 g/mol. The zero-order valence-electron chi connectivity index (χ0n) is 14.3. The Bertz CT molecular complexity index is 540. The number of ketones is 1.